The van der Waals surface area contributed by atoms with Crippen LogP contribution in [0.4, 0.5) is 10.1 Å². The smallest absolute Gasteiger partial charge is 0.277 e. The average molecular weight is 300 g/mol. The number of ether oxygens (including phenoxy) is 1. The van der Waals surface area contributed by atoms with E-state index in [0.29, 0.717) is 4.47 Å². The summed E-state index contributed by atoms with van der Waals surface area (Å²) in [6.45, 7) is 0. The molecule has 0 spiro atoms. The number of aromatic nitrogens is 2. The Morgan fingerprint density at radius 2 is 2.18 bits per heavy atom. The zero-order valence-corrected chi connectivity index (χ0v) is 9.99. The first-order valence-electron chi connectivity index (χ1n) is 4.53. The van der Waals surface area contributed by atoms with Crippen molar-refractivity contribution in [1.29, 1.82) is 0 Å². The van der Waals surface area contributed by atoms with E-state index in [2.05, 4.69) is 25.9 Å². The van der Waals surface area contributed by atoms with Gasteiger partial charge in [0.2, 0.25) is 5.88 Å². The van der Waals surface area contributed by atoms with Crippen LogP contribution in [0.25, 0.3) is 0 Å². The summed E-state index contributed by atoms with van der Waals surface area (Å²) in [6, 6.07) is 3.97. The molecule has 0 atom stereocenters. The fraction of sp³-hybridized carbons (Fsp3) is 0. The largest absolute Gasteiger partial charge is 0.437 e. The van der Waals surface area contributed by atoms with Crippen molar-refractivity contribution in [2.24, 2.45) is 0 Å². The molecule has 0 unspecified atom stereocenters. The maximum absolute atomic E-state index is 13.1. The number of aromatic amines is 1. The number of benzene rings is 1. The highest BCUT2D eigenvalue weighted by atomic mass is 79.9. The SMILES string of the molecule is Nc1c(Oc2cc(F)cc(Br)c2)nc[nH]c1=O. The number of hydrogen-bond donors (Lipinski definition) is 2. The molecule has 0 saturated heterocycles. The Morgan fingerprint density at radius 1 is 1.41 bits per heavy atom. The second kappa shape index (κ2) is 4.54. The molecule has 0 saturated carbocycles. The zero-order valence-electron chi connectivity index (χ0n) is 8.41. The van der Waals surface area contributed by atoms with E-state index in [1.165, 1.54) is 12.1 Å². The lowest BCUT2D eigenvalue weighted by atomic mass is 10.3. The molecule has 0 bridgehead atoms. The van der Waals surface area contributed by atoms with E-state index in [1.807, 2.05) is 0 Å². The topological polar surface area (TPSA) is 81.0 Å². The molecule has 17 heavy (non-hydrogen) atoms. The fourth-order valence-corrected chi connectivity index (χ4v) is 1.62. The van der Waals surface area contributed by atoms with Crippen molar-refractivity contribution in [3.8, 4) is 11.6 Å². The Balaban J connectivity index is 2.38. The van der Waals surface area contributed by atoms with Crippen LogP contribution in [0.3, 0.4) is 0 Å². The van der Waals surface area contributed by atoms with Crippen molar-refractivity contribution in [2.75, 3.05) is 5.73 Å². The predicted octanol–water partition coefficient (Wildman–Crippen LogP) is 2.05. The molecular formula is C10H7BrFN3O2. The molecule has 1 aromatic heterocycles. The standard InChI is InChI=1S/C10H7BrFN3O2/c11-5-1-6(12)3-7(2-5)17-10-8(13)9(16)14-4-15-10/h1-4H,13H2,(H,14,15,16). The molecule has 2 aromatic rings. The molecule has 1 heterocycles. The summed E-state index contributed by atoms with van der Waals surface area (Å²) in [5, 5.41) is 0. The molecular weight excluding hydrogens is 293 g/mol. The Bertz CT molecular complexity index is 594. The van der Waals surface area contributed by atoms with Crippen LogP contribution in [0.1, 0.15) is 0 Å². The lowest BCUT2D eigenvalue weighted by molar-refractivity contribution is 0.458. The van der Waals surface area contributed by atoms with Crippen LogP contribution in [0.5, 0.6) is 11.6 Å². The monoisotopic (exact) mass is 299 g/mol. The first-order valence-corrected chi connectivity index (χ1v) is 5.32. The molecule has 5 nitrogen and oxygen atoms in total. The maximum atomic E-state index is 13.1. The van der Waals surface area contributed by atoms with Crippen molar-refractivity contribution in [3.05, 3.63) is 45.2 Å². The predicted molar refractivity (Wildman–Crippen MR) is 63.4 cm³/mol. The lowest BCUT2D eigenvalue weighted by Gasteiger charge is -2.06. The lowest BCUT2D eigenvalue weighted by Crippen LogP contribution is -2.13. The van der Waals surface area contributed by atoms with Gasteiger partial charge >= 0.3 is 0 Å². The van der Waals surface area contributed by atoms with Crippen molar-refractivity contribution >= 4 is 21.6 Å². The number of nitrogen functional groups attached to an aromatic ring is 1. The summed E-state index contributed by atoms with van der Waals surface area (Å²) in [5.41, 5.74) is 4.80. The molecule has 3 N–H and O–H groups in total. The van der Waals surface area contributed by atoms with E-state index < -0.39 is 11.4 Å². The fourth-order valence-electron chi connectivity index (χ4n) is 1.17. The highest BCUT2D eigenvalue weighted by Crippen LogP contribution is 2.26. The van der Waals surface area contributed by atoms with E-state index in [9.17, 15) is 9.18 Å². The third-order valence-electron chi connectivity index (χ3n) is 1.90. The van der Waals surface area contributed by atoms with E-state index >= 15 is 0 Å². The molecule has 7 heteroatoms. The van der Waals surface area contributed by atoms with Gasteiger partial charge in [0.15, 0.2) is 5.69 Å². The van der Waals surface area contributed by atoms with Crippen molar-refractivity contribution in [2.45, 2.75) is 0 Å². The van der Waals surface area contributed by atoms with Crippen LogP contribution in [0, 0.1) is 5.82 Å². The Labute approximate surface area is 104 Å². The second-order valence-corrected chi connectivity index (χ2v) is 4.07. The Morgan fingerprint density at radius 3 is 2.88 bits per heavy atom. The van der Waals surface area contributed by atoms with E-state index in [-0.39, 0.29) is 17.3 Å². The molecule has 0 fully saturated rings. The molecule has 0 aliphatic rings. The van der Waals surface area contributed by atoms with Crippen LogP contribution in [0.15, 0.2) is 33.8 Å². The number of anilines is 1. The summed E-state index contributed by atoms with van der Waals surface area (Å²) in [6.07, 6.45) is 1.16. The van der Waals surface area contributed by atoms with Gasteiger partial charge in [-0.3, -0.25) is 4.79 Å². The van der Waals surface area contributed by atoms with Gasteiger partial charge in [-0.2, -0.15) is 0 Å². The molecule has 2 rings (SSSR count). The van der Waals surface area contributed by atoms with Gasteiger partial charge in [0.05, 0.1) is 6.33 Å². The number of halogens is 2. The molecule has 0 amide bonds. The Hall–Kier alpha value is -1.89. The average Bonchev–Trinajstić information content (AvgIpc) is 2.23. The van der Waals surface area contributed by atoms with E-state index in [4.69, 9.17) is 10.5 Å². The summed E-state index contributed by atoms with van der Waals surface area (Å²) in [7, 11) is 0. The van der Waals surface area contributed by atoms with Crippen molar-refractivity contribution in [3.63, 3.8) is 0 Å². The number of nitrogens with one attached hydrogen (secondary N) is 1. The van der Waals surface area contributed by atoms with Crippen LogP contribution in [-0.2, 0) is 0 Å². The number of H-pyrrole nitrogens is 1. The van der Waals surface area contributed by atoms with Gasteiger partial charge in [0.25, 0.3) is 5.56 Å². The summed E-state index contributed by atoms with van der Waals surface area (Å²) < 4.78 is 18.8. The number of hydrogen-bond acceptors (Lipinski definition) is 4. The Kier molecular flexibility index (Phi) is 3.10. The van der Waals surface area contributed by atoms with Gasteiger partial charge in [-0.15, -0.1) is 0 Å². The first-order chi connectivity index (χ1) is 8.06. The van der Waals surface area contributed by atoms with Gasteiger partial charge in [0, 0.05) is 10.5 Å². The number of nitrogens with two attached hydrogens (primary N) is 1. The van der Waals surface area contributed by atoms with E-state index in [1.54, 1.807) is 0 Å². The molecule has 1 aromatic carbocycles. The van der Waals surface area contributed by atoms with E-state index in [0.717, 1.165) is 12.4 Å². The summed E-state index contributed by atoms with van der Waals surface area (Å²) in [5.74, 6) is -0.342. The molecule has 0 aliphatic carbocycles. The molecule has 88 valence electrons. The molecule has 0 aliphatic heterocycles. The highest BCUT2D eigenvalue weighted by Gasteiger charge is 2.08. The summed E-state index contributed by atoms with van der Waals surface area (Å²) in [4.78, 5) is 17.2. The highest BCUT2D eigenvalue weighted by molar-refractivity contribution is 9.10. The van der Waals surface area contributed by atoms with Crippen LogP contribution in [0.2, 0.25) is 0 Å². The third kappa shape index (κ3) is 2.62. The van der Waals surface area contributed by atoms with Gasteiger partial charge < -0.3 is 15.5 Å². The van der Waals surface area contributed by atoms with Gasteiger partial charge in [-0.1, -0.05) is 15.9 Å². The number of rotatable bonds is 2. The van der Waals surface area contributed by atoms with Crippen LogP contribution >= 0.6 is 15.9 Å². The minimum absolute atomic E-state index is 0.0637. The van der Waals surface area contributed by atoms with Gasteiger partial charge in [-0.25, -0.2) is 9.37 Å². The normalized spacial score (nSPS) is 10.2. The minimum atomic E-state index is -0.509. The quantitative estimate of drug-likeness (QED) is 0.889. The van der Waals surface area contributed by atoms with Crippen LogP contribution < -0.4 is 16.0 Å². The second-order valence-electron chi connectivity index (χ2n) is 3.16. The minimum Gasteiger partial charge on any atom is -0.437 e. The molecule has 0 radical (unpaired) electrons. The summed E-state index contributed by atoms with van der Waals surface area (Å²) >= 11 is 3.12. The van der Waals surface area contributed by atoms with Gasteiger partial charge in [-0.05, 0) is 12.1 Å². The van der Waals surface area contributed by atoms with Crippen molar-refractivity contribution < 1.29 is 9.13 Å². The zero-order chi connectivity index (χ0) is 12.4. The van der Waals surface area contributed by atoms with Crippen molar-refractivity contribution in [1.82, 2.24) is 9.97 Å². The van der Waals surface area contributed by atoms with Gasteiger partial charge in [0.1, 0.15) is 11.6 Å². The maximum Gasteiger partial charge on any atom is 0.277 e. The number of nitrogens with zero attached hydrogens (tertiary/aromatic N) is 1. The first kappa shape index (κ1) is 11.6. The van der Waals surface area contributed by atoms with Crippen LogP contribution in [-0.4, -0.2) is 9.97 Å². The third-order valence-corrected chi connectivity index (χ3v) is 2.36.